The Morgan fingerprint density at radius 3 is 2.45 bits per heavy atom. The van der Waals surface area contributed by atoms with Crippen molar-refractivity contribution < 1.29 is 5.11 Å². The number of rotatable bonds is 1. The van der Waals surface area contributed by atoms with Crippen molar-refractivity contribution in [3.63, 3.8) is 0 Å². The van der Waals surface area contributed by atoms with Crippen molar-refractivity contribution in [2.45, 2.75) is 13.8 Å². The number of phenols is 1. The molecule has 11 heavy (non-hydrogen) atoms. The Balaban J connectivity index is 3.25. The summed E-state index contributed by atoms with van der Waals surface area (Å²) >= 11 is 0. The largest absolute Gasteiger partial charge is 0.508 e. The van der Waals surface area contributed by atoms with Crippen molar-refractivity contribution in [1.29, 1.82) is 0 Å². The van der Waals surface area contributed by atoms with E-state index >= 15 is 0 Å². The predicted octanol–water partition coefficient (Wildman–Crippen LogP) is 2.09. The van der Waals surface area contributed by atoms with Gasteiger partial charge in [0, 0.05) is 5.69 Å². The molecule has 1 aromatic rings. The molecule has 0 aliphatic heterocycles. The van der Waals surface area contributed by atoms with Crippen molar-refractivity contribution >= 4 is 5.69 Å². The number of hydrogen-bond acceptors (Lipinski definition) is 2. The number of benzene rings is 1. The first-order chi connectivity index (χ1) is 5.16. The van der Waals surface area contributed by atoms with Gasteiger partial charge in [0.15, 0.2) is 0 Å². The molecule has 2 heteroatoms. The van der Waals surface area contributed by atoms with Crippen LogP contribution >= 0.6 is 0 Å². The van der Waals surface area contributed by atoms with Gasteiger partial charge in [-0.3, -0.25) is 0 Å². The summed E-state index contributed by atoms with van der Waals surface area (Å²) in [6, 6.07) is 3.37. The molecule has 0 heterocycles. The highest BCUT2D eigenvalue weighted by Gasteiger charge is 2.02. The van der Waals surface area contributed by atoms with Crippen LogP contribution in [-0.2, 0) is 0 Å². The molecule has 58 valence electrons. The van der Waals surface area contributed by atoms with Crippen LogP contribution in [0.5, 0.6) is 5.75 Å². The maximum Gasteiger partial charge on any atom is 0.118 e. The fourth-order valence-corrected chi connectivity index (χ4v) is 0.963. The molecule has 0 spiro atoms. The molecule has 0 aliphatic carbocycles. The van der Waals surface area contributed by atoms with Crippen LogP contribution in [0, 0.1) is 20.9 Å². The molecule has 1 aromatic carbocycles. The van der Waals surface area contributed by atoms with Crippen molar-refractivity contribution in [2.24, 2.45) is 0 Å². The van der Waals surface area contributed by atoms with E-state index in [0.717, 1.165) is 16.8 Å². The van der Waals surface area contributed by atoms with E-state index < -0.39 is 0 Å². The summed E-state index contributed by atoms with van der Waals surface area (Å²) in [5.41, 5.74) is 2.69. The predicted molar refractivity (Wildman–Crippen MR) is 45.5 cm³/mol. The lowest BCUT2D eigenvalue weighted by Gasteiger charge is -2.08. The zero-order chi connectivity index (χ0) is 8.43. The van der Waals surface area contributed by atoms with Gasteiger partial charge in [-0.25, -0.2) is 0 Å². The van der Waals surface area contributed by atoms with E-state index in [1.807, 2.05) is 13.8 Å². The Morgan fingerprint density at radius 1 is 1.27 bits per heavy atom. The second-order valence-corrected chi connectivity index (χ2v) is 2.53. The average molecular weight is 149 g/mol. The minimum absolute atomic E-state index is 0.307. The van der Waals surface area contributed by atoms with Crippen LogP contribution in [0.2, 0.25) is 0 Å². The third-order valence-corrected chi connectivity index (χ3v) is 1.91. The quantitative estimate of drug-likeness (QED) is 0.473. The van der Waals surface area contributed by atoms with Gasteiger partial charge >= 0.3 is 0 Å². The van der Waals surface area contributed by atoms with E-state index in [2.05, 4.69) is 5.32 Å². The van der Waals surface area contributed by atoms with Crippen molar-refractivity contribution in [1.82, 2.24) is 0 Å². The Labute approximate surface area is 66.9 Å². The van der Waals surface area contributed by atoms with E-state index in [4.69, 9.17) is 7.05 Å². The van der Waals surface area contributed by atoms with Gasteiger partial charge < -0.3 is 10.4 Å². The second kappa shape index (κ2) is 2.82. The van der Waals surface area contributed by atoms with Crippen LogP contribution in [-0.4, -0.2) is 5.11 Å². The van der Waals surface area contributed by atoms with Crippen LogP contribution in [0.25, 0.3) is 0 Å². The molecule has 0 bridgehead atoms. The van der Waals surface area contributed by atoms with Gasteiger partial charge in [0.25, 0.3) is 0 Å². The van der Waals surface area contributed by atoms with E-state index in [1.54, 1.807) is 12.1 Å². The number of hydrogen-bond donors (Lipinski definition) is 2. The van der Waals surface area contributed by atoms with E-state index in [9.17, 15) is 5.11 Å². The molecule has 2 nitrogen and oxygen atoms in total. The van der Waals surface area contributed by atoms with Gasteiger partial charge in [0.1, 0.15) is 5.75 Å². The van der Waals surface area contributed by atoms with Gasteiger partial charge in [-0.05, 0) is 37.1 Å². The Hall–Kier alpha value is -1.18. The SMILES string of the molecule is [CH]Nc1ccc(O)c(C)c1C. The first-order valence-electron chi connectivity index (χ1n) is 3.42. The Kier molecular flexibility index (Phi) is 2.03. The number of nitrogens with one attached hydrogen (secondary N) is 1. The molecular weight excluding hydrogens is 138 g/mol. The number of phenolic OH excluding ortho intramolecular Hbond substituents is 1. The van der Waals surface area contributed by atoms with Gasteiger partial charge in [-0.15, -0.1) is 0 Å². The first-order valence-corrected chi connectivity index (χ1v) is 3.42. The third kappa shape index (κ3) is 1.29. The standard InChI is InChI=1S/C9H11NO/c1-6-7(2)9(11)5-4-8(6)10-3/h3-5,10-11H,1-2H3. The van der Waals surface area contributed by atoms with Crippen molar-refractivity contribution in [2.75, 3.05) is 5.32 Å². The van der Waals surface area contributed by atoms with E-state index in [1.165, 1.54) is 0 Å². The maximum atomic E-state index is 9.25. The molecule has 0 fully saturated rings. The zero-order valence-corrected chi connectivity index (χ0v) is 6.68. The van der Waals surface area contributed by atoms with Crippen LogP contribution in [0.1, 0.15) is 11.1 Å². The van der Waals surface area contributed by atoms with Crippen LogP contribution in [0.3, 0.4) is 0 Å². The molecule has 0 aromatic heterocycles. The zero-order valence-electron chi connectivity index (χ0n) is 6.68. The third-order valence-electron chi connectivity index (χ3n) is 1.91. The fraction of sp³-hybridized carbons (Fsp3) is 0.222. The van der Waals surface area contributed by atoms with E-state index in [0.29, 0.717) is 5.75 Å². The van der Waals surface area contributed by atoms with Gasteiger partial charge in [0.2, 0.25) is 0 Å². The fourth-order valence-electron chi connectivity index (χ4n) is 0.963. The van der Waals surface area contributed by atoms with Gasteiger partial charge in [-0.1, -0.05) is 0 Å². The molecule has 0 aliphatic rings. The molecule has 0 atom stereocenters. The average Bonchev–Trinajstić information content (AvgIpc) is 2.01. The molecule has 0 unspecified atom stereocenters. The Morgan fingerprint density at radius 2 is 1.91 bits per heavy atom. The van der Waals surface area contributed by atoms with Crippen LogP contribution < -0.4 is 5.32 Å². The summed E-state index contributed by atoms with van der Waals surface area (Å²) in [4.78, 5) is 0. The molecule has 0 saturated carbocycles. The highest BCUT2D eigenvalue weighted by atomic mass is 16.3. The monoisotopic (exact) mass is 149 g/mol. The summed E-state index contributed by atoms with van der Waals surface area (Å²) in [6.45, 7) is 3.76. The topological polar surface area (TPSA) is 32.3 Å². The molecule has 1 rings (SSSR count). The number of aromatic hydroxyl groups is 1. The lowest BCUT2D eigenvalue weighted by molar-refractivity contribution is 0.470. The molecule has 0 saturated heterocycles. The van der Waals surface area contributed by atoms with Crippen LogP contribution in [0.4, 0.5) is 5.69 Å². The highest BCUT2D eigenvalue weighted by Crippen LogP contribution is 2.25. The van der Waals surface area contributed by atoms with Crippen molar-refractivity contribution in [3.05, 3.63) is 30.3 Å². The van der Waals surface area contributed by atoms with Gasteiger partial charge in [-0.2, -0.15) is 0 Å². The normalized spacial score (nSPS) is 9.73. The minimum atomic E-state index is 0.307. The first kappa shape index (κ1) is 7.92. The minimum Gasteiger partial charge on any atom is -0.508 e. The van der Waals surface area contributed by atoms with E-state index in [-0.39, 0.29) is 0 Å². The lowest BCUT2D eigenvalue weighted by Crippen LogP contribution is -1.91. The summed E-state index contributed by atoms with van der Waals surface area (Å²) < 4.78 is 0. The molecule has 2 N–H and O–H groups in total. The van der Waals surface area contributed by atoms with Crippen LogP contribution in [0.15, 0.2) is 12.1 Å². The highest BCUT2D eigenvalue weighted by molar-refractivity contribution is 5.57. The Bertz CT molecular complexity index is 269. The smallest absolute Gasteiger partial charge is 0.118 e. The van der Waals surface area contributed by atoms with Gasteiger partial charge in [0.05, 0.1) is 7.05 Å². The lowest BCUT2D eigenvalue weighted by atomic mass is 10.1. The second-order valence-electron chi connectivity index (χ2n) is 2.53. The van der Waals surface area contributed by atoms with Crippen molar-refractivity contribution in [3.8, 4) is 5.75 Å². The maximum absolute atomic E-state index is 9.25. The molecule has 0 amide bonds. The summed E-state index contributed by atoms with van der Waals surface area (Å²) in [7, 11) is 5.24. The summed E-state index contributed by atoms with van der Waals surface area (Å²) in [5, 5.41) is 11.8. The summed E-state index contributed by atoms with van der Waals surface area (Å²) in [5.74, 6) is 0.307. The summed E-state index contributed by atoms with van der Waals surface area (Å²) in [6.07, 6.45) is 0. The molecular formula is C9H11NO. The molecule has 2 radical (unpaired) electrons. The number of anilines is 1.